The molecular formula is C20H18N8O. The minimum atomic E-state index is -0.399. The van der Waals surface area contributed by atoms with Gasteiger partial charge < -0.3 is 10.6 Å². The molecule has 0 radical (unpaired) electrons. The van der Waals surface area contributed by atoms with Crippen LogP contribution < -0.4 is 16.3 Å². The molecule has 0 fully saturated rings. The fourth-order valence-electron chi connectivity index (χ4n) is 3.22. The van der Waals surface area contributed by atoms with E-state index >= 15 is 0 Å². The lowest BCUT2D eigenvalue weighted by Crippen LogP contribution is -2.34. The van der Waals surface area contributed by atoms with Gasteiger partial charge in [-0.25, -0.2) is 24.3 Å². The molecule has 0 aliphatic heterocycles. The lowest BCUT2D eigenvalue weighted by Gasteiger charge is -2.28. The van der Waals surface area contributed by atoms with Gasteiger partial charge in [0.15, 0.2) is 5.82 Å². The summed E-state index contributed by atoms with van der Waals surface area (Å²) in [6, 6.07) is 14.5. The first-order chi connectivity index (χ1) is 14.0. The molecule has 0 aliphatic carbocycles. The highest BCUT2D eigenvalue weighted by Crippen LogP contribution is 2.27. The van der Waals surface area contributed by atoms with E-state index < -0.39 is 6.04 Å². The Balaban J connectivity index is 1.93. The van der Waals surface area contributed by atoms with E-state index in [9.17, 15) is 10.1 Å². The van der Waals surface area contributed by atoms with E-state index in [1.807, 2.05) is 43.3 Å². The van der Waals surface area contributed by atoms with E-state index in [1.165, 1.54) is 10.7 Å². The number of benzene rings is 1. The third-order valence-corrected chi connectivity index (χ3v) is 4.85. The van der Waals surface area contributed by atoms with Gasteiger partial charge >= 0.3 is 5.69 Å². The van der Waals surface area contributed by atoms with Crippen molar-refractivity contribution in [3.8, 4) is 11.8 Å². The molecule has 3 heterocycles. The summed E-state index contributed by atoms with van der Waals surface area (Å²) in [5.41, 5.74) is 7.02. The Morgan fingerprint density at radius 2 is 1.93 bits per heavy atom. The third kappa shape index (κ3) is 2.96. The highest BCUT2D eigenvalue weighted by Gasteiger charge is 2.24. The van der Waals surface area contributed by atoms with Gasteiger partial charge in [0, 0.05) is 13.2 Å². The van der Waals surface area contributed by atoms with Crippen molar-refractivity contribution >= 4 is 17.3 Å². The van der Waals surface area contributed by atoms with Crippen LogP contribution in [0.4, 0.5) is 11.6 Å². The van der Waals surface area contributed by atoms with Gasteiger partial charge in [0.05, 0.1) is 11.7 Å². The first-order valence-electron chi connectivity index (χ1n) is 8.91. The van der Waals surface area contributed by atoms with Crippen molar-refractivity contribution in [3.05, 3.63) is 76.9 Å². The van der Waals surface area contributed by atoms with Crippen LogP contribution in [0.2, 0.25) is 0 Å². The van der Waals surface area contributed by atoms with Crippen LogP contribution >= 0.6 is 0 Å². The number of nitriles is 1. The van der Waals surface area contributed by atoms with Gasteiger partial charge in [0.1, 0.15) is 35.2 Å². The van der Waals surface area contributed by atoms with Gasteiger partial charge in [-0.3, -0.25) is 4.40 Å². The SMILES string of the molecule is CC(c1nc2cccn2c(=O)n1-c1ccccc1)N(C)c1ncnc(N)c1C#N. The second-order valence-corrected chi connectivity index (χ2v) is 6.52. The van der Waals surface area contributed by atoms with Crippen molar-refractivity contribution in [2.24, 2.45) is 0 Å². The maximum absolute atomic E-state index is 13.2. The van der Waals surface area contributed by atoms with Crippen molar-refractivity contribution in [1.29, 1.82) is 5.26 Å². The molecule has 3 aromatic heterocycles. The standard InChI is InChI=1S/C20H18N8O/c1-13(26(2)19-15(11-21)17(22)23-12-24-19)18-25-16-9-6-10-27(16)20(29)28(18)14-7-4-3-5-8-14/h3-10,12-13H,1-2H3,(H2,22,23,24). The predicted molar refractivity (Wildman–Crippen MR) is 109 cm³/mol. The van der Waals surface area contributed by atoms with Crippen molar-refractivity contribution in [1.82, 2.24) is 23.9 Å². The van der Waals surface area contributed by atoms with Gasteiger partial charge in [0.25, 0.3) is 0 Å². The fourth-order valence-corrected chi connectivity index (χ4v) is 3.22. The third-order valence-electron chi connectivity index (χ3n) is 4.85. The Morgan fingerprint density at radius 3 is 2.66 bits per heavy atom. The first kappa shape index (κ1) is 18.2. The lowest BCUT2D eigenvalue weighted by molar-refractivity contribution is 0.629. The summed E-state index contributed by atoms with van der Waals surface area (Å²) in [4.78, 5) is 27.8. The number of nitrogens with two attached hydrogens (primary N) is 1. The van der Waals surface area contributed by atoms with E-state index in [0.717, 1.165) is 0 Å². The van der Waals surface area contributed by atoms with Gasteiger partial charge in [-0.1, -0.05) is 18.2 Å². The summed E-state index contributed by atoms with van der Waals surface area (Å²) >= 11 is 0. The van der Waals surface area contributed by atoms with Gasteiger partial charge in [-0.2, -0.15) is 5.26 Å². The maximum atomic E-state index is 13.2. The van der Waals surface area contributed by atoms with E-state index in [1.54, 1.807) is 34.8 Å². The molecule has 4 aromatic rings. The molecular weight excluding hydrogens is 368 g/mol. The van der Waals surface area contributed by atoms with Crippen LogP contribution in [-0.4, -0.2) is 31.0 Å². The number of anilines is 2. The van der Waals surface area contributed by atoms with Gasteiger partial charge in [-0.15, -0.1) is 0 Å². The van der Waals surface area contributed by atoms with Crippen molar-refractivity contribution in [2.75, 3.05) is 17.7 Å². The topological polar surface area (TPSA) is 118 Å². The number of rotatable bonds is 4. The zero-order chi connectivity index (χ0) is 20.5. The number of aromatic nitrogens is 5. The molecule has 0 spiro atoms. The molecule has 0 saturated heterocycles. The fraction of sp³-hybridized carbons (Fsp3) is 0.150. The van der Waals surface area contributed by atoms with Gasteiger partial charge in [0.2, 0.25) is 0 Å². The number of hydrogen-bond donors (Lipinski definition) is 1. The predicted octanol–water partition coefficient (Wildman–Crippen LogP) is 1.93. The van der Waals surface area contributed by atoms with E-state index in [0.29, 0.717) is 23.0 Å². The van der Waals surface area contributed by atoms with E-state index in [-0.39, 0.29) is 17.1 Å². The Labute approximate surface area is 166 Å². The first-order valence-corrected chi connectivity index (χ1v) is 8.91. The molecule has 1 atom stereocenters. The van der Waals surface area contributed by atoms with Crippen LogP contribution in [0.5, 0.6) is 0 Å². The molecule has 9 nitrogen and oxygen atoms in total. The molecule has 9 heteroatoms. The second kappa shape index (κ2) is 7.09. The highest BCUT2D eigenvalue weighted by atomic mass is 16.1. The Bertz CT molecular complexity index is 1290. The second-order valence-electron chi connectivity index (χ2n) is 6.52. The van der Waals surface area contributed by atoms with Crippen molar-refractivity contribution in [2.45, 2.75) is 13.0 Å². The summed E-state index contributed by atoms with van der Waals surface area (Å²) in [6.45, 7) is 1.89. The molecule has 2 N–H and O–H groups in total. The Morgan fingerprint density at radius 1 is 1.17 bits per heavy atom. The van der Waals surface area contributed by atoms with E-state index in [2.05, 4.69) is 9.97 Å². The number of nitrogens with zero attached hydrogens (tertiary/aromatic N) is 7. The Kier molecular flexibility index (Phi) is 4.44. The summed E-state index contributed by atoms with van der Waals surface area (Å²) in [7, 11) is 1.77. The number of nitrogen functional groups attached to an aromatic ring is 1. The molecule has 144 valence electrons. The zero-order valence-electron chi connectivity index (χ0n) is 15.9. The van der Waals surface area contributed by atoms with Crippen LogP contribution in [0.1, 0.15) is 24.4 Å². The average molecular weight is 386 g/mol. The molecule has 29 heavy (non-hydrogen) atoms. The number of para-hydroxylation sites is 1. The minimum absolute atomic E-state index is 0.104. The lowest BCUT2D eigenvalue weighted by atomic mass is 10.2. The largest absolute Gasteiger partial charge is 0.382 e. The average Bonchev–Trinajstić information content (AvgIpc) is 3.22. The quantitative estimate of drug-likeness (QED) is 0.569. The molecule has 1 aromatic carbocycles. The summed E-state index contributed by atoms with van der Waals surface area (Å²) in [5, 5.41) is 9.48. The molecule has 0 aliphatic rings. The molecule has 0 amide bonds. The van der Waals surface area contributed by atoms with Crippen LogP contribution in [-0.2, 0) is 0 Å². The van der Waals surface area contributed by atoms with E-state index in [4.69, 9.17) is 10.7 Å². The molecule has 0 bridgehead atoms. The van der Waals surface area contributed by atoms with Crippen LogP contribution in [0.3, 0.4) is 0 Å². The zero-order valence-corrected chi connectivity index (χ0v) is 15.9. The highest BCUT2D eigenvalue weighted by molar-refractivity contribution is 5.63. The Hall–Kier alpha value is -4.19. The molecule has 0 saturated carbocycles. The maximum Gasteiger partial charge on any atom is 0.339 e. The monoisotopic (exact) mass is 386 g/mol. The summed E-state index contributed by atoms with van der Waals surface area (Å²) in [6.07, 6.45) is 2.99. The summed E-state index contributed by atoms with van der Waals surface area (Å²) in [5.74, 6) is 0.986. The van der Waals surface area contributed by atoms with Crippen LogP contribution in [0.25, 0.3) is 11.3 Å². The van der Waals surface area contributed by atoms with Crippen LogP contribution in [0.15, 0.2) is 59.8 Å². The smallest absolute Gasteiger partial charge is 0.339 e. The normalized spacial score (nSPS) is 11.9. The molecule has 4 rings (SSSR count). The van der Waals surface area contributed by atoms with Crippen molar-refractivity contribution in [3.63, 3.8) is 0 Å². The minimum Gasteiger partial charge on any atom is -0.382 e. The number of hydrogen-bond acceptors (Lipinski definition) is 7. The number of fused-ring (bicyclic) bond motifs is 1. The van der Waals surface area contributed by atoms with Crippen LogP contribution in [0, 0.1) is 11.3 Å². The van der Waals surface area contributed by atoms with Crippen molar-refractivity contribution < 1.29 is 0 Å². The molecule has 1 unspecified atom stereocenters. The van der Waals surface area contributed by atoms with Gasteiger partial charge in [-0.05, 0) is 31.2 Å². The summed E-state index contributed by atoms with van der Waals surface area (Å²) < 4.78 is 3.05.